The zero-order valence-corrected chi connectivity index (χ0v) is 15.1. The smallest absolute Gasteiger partial charge is 0.270 e. The number of nitrogens with zero attached hydrogens (tertiary/aromatic N) is 2. The molecule has 2 heterocycles. The van der Waals surface area contributed by atoms with Crippen molar-refractivity contribution in [2.24, 2.45) is 0 Å². The molecular weight excluding hydrogens is 338 g/mol. The van der Waals surface area contributed by atoms with Crippen LogP contribution in [0.4, 0.5) is 0 Å². The highest BCUT2D eigenvalue weighted by atomic mass is 32.1. The lowest BCUT2D eigenvalue weighted by Gasteiger charge is -2.16. The van der Waals surface area contributed by atoms with Crippen LogP contribution in [0.5, 0.6) is 0 Å². The summed E-state index contributed by atoms with van der Waals surface area (Å²) in [4.78, 5) is 19.9. The van der Waals surface area contributed by atoms with Gasteiger partial charge in [0.15, 0.2) is 0 Å². The molecule has 0 fully saturated rings. The Balaban J connectivity index is 1.46. The van der Waals surface area contributed by atoms with Crippen LogP contribution in [0.3, 0.4) is 0 Å². The number of carbonyl (C=O) groups excluding carboxylic acids is 1. The van der Waals surface area contributed by atoms with E-state index in [-0.39, 0.29) is 5.91 Å². The number of thiazole rings is 1. The van der Waals surface area contributed by atoms with Gasteiger partial charge in [0, 0.05) is 25.0 Å². The summed E-state index contributed by atoms with van der Waals surface area (Å²) < 4.78 is 0. The van der Waals surface area contributed by atoms with Crippen molar-refractivity contribution in [2.45, 2.75) is 6.54 Å². The van der Waals surface area contributed by atoms with E-state index in [0.717, 1.165) is 23.0 Å². The summed E-state index contributed by atoms with van der Waals surface area (Å²) in [5, 5.41) is 7.67. The Morgan fingerprint density at radius 1 is 1.17 bits per heavy atom. The molecule has 0 saturated heterocycles. The first-order valence-corrected chi connectivity index (χ1v) is 9.48. The molecule has 0 radical (unpaired) electrons. The van der Waals surface area contributed by atoms with E-state index in [4.69, 9.17) is 0 Å². The molecule has 3 rings (SSSR count). The number of hydrogen-bond donors (Lipinski definition) is 1. The molecular formula is C18H19N3OS2. The number of nitrogens with one attached hydrogen (secondary N) is 1. The lowest BCUT2D eigenvalue weighted by molar-refractivity contribution is 0.0945. The number of aromatic nitrogens is 1. The monoisotopic (exact) mass is 357 g/mol. The van der Waals surface area contributed by atoms with E-state index in [1.54, 1.807) is 11.3 Å². The molecule has 0 unspecified atom stereocenters. The maximum Gasteiger partial charge on any atom is 0.270 e. The van der Waals surface area contributed by atoms with Gasteiger partial charge in [-0.2, -0.15) is 0 Å². The van der Waals surface area contributed by atoms with Gasteiger partial charge >= 0.3 is 0 Å². The standard InChI is InChI=1S/C18H19N3OS2/c1-21(12-14-6-3-2-4-7-14)10-9-19-17(22)15-13-24-18(20-15)16-8-5-11-23-16/h2-8,11,13H,9-10,12H2,1H3,(H,19,22). The summed E-state index contributed by atoms with van der Waals surface area (Å²) >= 11 is 3.14. The number of likely N-dealkylation sites (N-methyl/N-ethyl adjacent to an activating group) is 1. The van der Waals surface area contributed by atoms with Crippen LogP contribution in [0.15, 0.2) is 53.2 Å². The quantitative estimate of drug-likeness (QED) is 0.701. The zero-order chi connectivity index (χ0) is 16.8. The molecule has 0 aliphatic heterocycles. The fraction of sp³-hybridized carbons (Fsp3) is 0.222. The molecule has 1 amide bonds. The Morgan fingerprint density at radius 2 is 2.00 bits per heavy atom. The number of rotatable bonds is 7. The van der Waals surface area contributed by atoms with Crippen molar-refractivity contribution < 1.29 is 4.79 Å². The topological polar surface area (TPSA) is 45.2 Å². The Kier molecular flexibility index (Phi) is 5.74. The van der Waals surface area contributed by atoms with Crippen molar-refractivity contribution in [3.8, 4) is 9.88 Å². The highest BCUT2D eigenvalue weighted by Gasteiger charge is 2.12. The normalized spacial score (nSPS) is 10.9. The molecule has 1 N–H and O–H groups in total. The zero-order valence-electron chi connectivity index (χ0n) is 13.4. The van der Waals surface area contributed by atoms with Gasteiger partial charge in [-0.15, -0.1) is 22.7 Å². The van der Waals surface area contributed by atoms with Crippen LogP contribution in [0.2, 0.25) is 0 Å². The summed E-state index contributed by atoms with van der Waals surface area (Å²) in [7, 11) is 2.05. The molecule has 0 bridgehead atoms. The minimum absolute atomic E-state index is 0.109. The van der Waals surface area contributed by atoms with Gasteiger partial charge in [-0.05, 0) is 24.1 Å². The van der Waals surface area contributed by atoms with E-state index in [0.29, 0.717) is 12.2 Å². The van der Waals surface area contributed by atoms with E-state index in [1.807, 2.05) is 41.1 Å². The first-order valence-electron chi connectivity index (χ1n) is 7.72. The van der Waals surface area contributed by atoms with Gasteiger partial charge in [0.05, 0.1) is 4.88 Å². The maximum atomic E-state index is 12.2. The van der Waals surface area contributed by atoms with Gasteiger partial charge in [-0.25, -0.2) is 4.98 Å². The molecule has 0 aliphatic rings. The first kappa shape index (κ1) is 16.8. The van der Waals surface area contributed by atoms with Gasteiger partial charge in [0.1, 0.15) is 10.7 Å². The van der Waals surface area contributed by atoms with Crippen molar-refractivity contribution in [2.75, 3.05) is 20.1 Å². The molecule has 24 heavy (non-hydrogen) atoms. The first-order chi connectivity index (χ1) is 11.7. The minimum atomic E-state index is -0.109. The third kappa shape index (κ3) is 4.50. The third-order valence-corrected chi connectivity index (χ3v) is 5.42. The summed E-state index contributed by atoms with van der Waals surface area (Å²) in [5.74, 6) is -0.109. The van der Waals surface area contributed by atoms with Gasteiger partial charge in [-0.3, -0.25) is 4.79 Å². The summed E-state index contributed by atoms with van der Waals surface area (Å²) in [6.45, 7) is 2.27. The highest BCUT2D eigenvalue weighted by Crippen LogP contribution is 2.27. The largest absolute Gasteiger partial charge is 0.349 e. The molecule has 0 aliphatic carbocycles. The van der Waals surface area contributed by atoms with Crippen molar-refractivity contribution in [3.05, 3.63) is 64.5 Å². The lowest BCUT2D eigenvalue weighted by Crippen LogP contribution is -2.32. The average molecular weight is 358 g/mol. The van der Waals surface area contributed by atoms with Crippen molar-refractivity contribution in [1.82, 2.24) is 15.2 Å². The Morgan fingerprint density at radius 3 is 2.75 bits per heavy atom. The molecule has 2 aromatic heterocycles. The van der Waals surface area contributed by atoms with Gasteiger partial charge in [-0.1, -0.05) is 36.4 Å². The molecule has 1 aromatic carbocycles. The van der Waals surface area contributed by atoms with Crippen LogP contribution in [-0.4, -0.2) is 35.9 Å². The fourth-order valence-electron chi connectivity index (χ4n) is 2.32. The van der Waals surface area contributed by atoms with E-state index < -0.39 is 0 Å². The summed E-state index contributed by atoms with van der Waals surface area (Å²) in [6.07, 6.45) is 0. The predicted octanol–water partition coefficient (Wildman–Crippen LogP) is 3.73. The van der Waals surface area contributed by atoms with E-state index >= 15 is 0 Å². The summed E-state index contributed by atoms with van der Waals surface area (Å²) in [5.41, 5.74) is 1.76. The molecule has 6 heteroatoms. The van der Waals surface area contributed by atoms with Crippen LogP contribution < -0.4 is 5.32 Å². The van der Waals surface area contributed by atoms with Gasteiger partial charge < -0.3 is 10.2 Å². The molecule has 4 nitrogen and oxygen atoms in total. The maximum absolute atomic E-state index is 12.2. The van der Waals surface area contributed by atoms with Gasteiger partial charge in [0.25, 0.3) is 5.91 Å². The minimum Gasteiger partial charge on any atom is -0.349 e. The number of thiophene rings is 1. The SMILES string of the molecule is CN(CCNC(=O)c1csc(-c2cccs2)n1)Cc1ccccc1. The predicted molar refractivity (Wildman–Crippen MR) is 101 cm³/mol. The highest BCUT2D eigenvalue weighted by molar-refractivity contribution is 7.20. The van der Waals surface area contributed by atoms with Crippen LogP contribution in [0.25, 0.3) is 9.88 Å². The second kappa shape index (κ2) is 8.19. The molecule has 0 atom stereocenters. The number of benzene rings is 1. The molecule has 3 aromatic rings. The van der Waals surface area contributed by atoms with Crippen molar-refractivity contribution in [3.63, 3.8) is 0 Å². The third-order valence-electron chi connectivity index (χ3n) is 3.54. The van der Waals surface area contributed by atoms with Gasteiger partial charge in [0.2, 0.25) is 0 Å². The van der Waals surface area contributed by atoms with E-state index in [1.165, 1.54) is 16.9 Å². The van der Waals surface area contributed by atoms with E-state index in [2.05, 4.69) is 34.4 Å². The second-order valence-electron chi connectivity index (χ2n) is 5.49. The Labute approximate surface area is 149 Å². The van der Waals surface area contributed by atoms with Crippen molar-refractivity contribution in [1.29, 1.82) is 0 Å². The van der Waals surface area contributed by atoms with Crippen LogP contribution in [-0.2, 0) is 6.54 Å². The number of amides is 1. The summed E-state index contributed by atoms with van der Waals surface area (Å²) in [6, 6.07) is 14.3. The lowest BCUT2D eigenvalue weighted by atomic mass is 10.2. The van der Waals surface area contributed by atoms with E-state index in [9.17, 15) is 4.79 Å². The second-order valence-corrected chi connectivity index (χ2v) is 7.30. The van der Waals surface area contributed by atoms with Crippen LogP contribution >= 0.6 is 22.7 Å². The van der Waals surface area contributed by atoms with Crippen molar-refractivity contribution >= 4 is 28.6 Å². The Hall–Kier alpha value is -2.02. The molecule has 124 valence electrons. The average Bonchev–Trinajstić information content (AvgIpc) is 3.27. The molecule has 0 spiro atoms. The molecule has 0 saturated carbocycles. The number of carbonyl (C=O) groups is 1. The van der Waals surface area contributed by atoms with Crippen LogP contribution in [0.1, 0.15) is 16.1 Å². The number of hydrogen-bond acceptors (Lipinski definition) is 5. The van der Waals surface area contributed by atoms with Crippen LogP contribution in [0, 0.1) is 0 Å². The fourth-order valence-corrected chi connectivity index (χ4v) is 3.93. The Bertz CT molecular complexity index is 769.